The highest BCUT2D eigenvalue weighted by molar-refractivity contribution is 4.57. The topological polar surface area (TPSA) is 20.2 Å². The minimum Gasteiger partial charge on any atom is -0.387 e. The number of hydrogen-bond acceptors (Lipinski definition) is 1. The fourth-order valence-electron chi connectivity index (χ4n) is 1.08. The van der Waals surface area contributed by atoms with E-state index in [-0.39, 0.29) is 6.42 Å². The molecule has 1 atom stereocenters. The van der Waals surface area contributed by atoms with Gasteiger partial charge in [-0.2, -0.15) is 0 Å². The Morgan fingerprint density at radius 3 is 2.17 bits per heavy atom. The Morgan fingerprint density at radius 1 is 1.08 bits per heavy atom. The number of unbranched alkanes of at least 4 members (excludes halogenated alkanes) is 4. The quantitative estimate of drug-likeness (QED) is 0.597. The third-order valence-electron chi connectivity index (χ3n) is 1.89. The zero-order valence-corrected chi connectivity index (χ0v) is 7.60. The van der Waals surface area contributed by atoms with Gasteiger partial charge in [0.2, 0.25) is 0 Å². The van der Waals surface area contributed by atoms with E-state index < -0.39 is 12.5 Å². The highest BCUT2D eigenvalue weighted by atomic mass is 19.3. The van der Waals surface area contributed by atoms with Crippen LogP contribution in [0, 0.1) is 0 Å². The van der Waals surface area contributed by atoms with Crippen LogP contribution in [-0.2, 0) is 0 Å². The van der Waals surface area contributed by atoms with Crippen molar-refractivity contribution >= 4 is 0 Å². The second-order valence-electron chi connectivity index (χ2n) is 3.10. The summed E-state index contributed by atoms with van der Waals surface area (Å²) in [7, 11) is 0. The van der Waals surface area contributed by atoms with Crippen molar-refractivity contribution in [3.8, 4) is 0 Å². The first-order valence-electron chi connectivity index (χ1n) is 4.64. The first kappa shape index (κ1) is 11.8. The van der Waals surface area contributed by atoms with E-state index in [9.17, 15) is 8.78 Å². The summed E-state index contributed by atoms with van der Waals surface area (Å²) in [6, 6.07) is 0. The lowest BCUT2D eigenvalue weighted by Crippen LogP contribution is -2.16. The summed E-state index contributed by atoms with van der Waals surface area (Å²) in [4.78, 5) is 0. The van der Waals surface area contributed by atoms with Gasteiger partial charge in [0.15, 0.2) is 0 Å². The number of aliphatic hydroxyl groups excluding tert-OH is 1. The summed E-state index contributed by atoms with van der Waals surface area (Å²) >= 11 is 0. The van der Waals surface area contributed by atoms with Gasteiger partial charge in [0.25, 0.3) is 6.43 Å². The van der Waals surface area contributed by atoms with Crippen molar-refractivity contribution in [2.24, 2.45) is 0 Å². The van der Waals surface area contributed by atoms with Crippen LogP contribution in [-0.4, -0.2) is 17.6 Å². The molecule has 1 N–H and O–H groups in total. The first-order valence-corrected chi connectivity index (χ1v) is 4.64. The largest absolute Gasteiger partial charge is 0.387 e. The second kappa shape index (κ2) is 7.47. The molecule has 0 radical (unpaired) electrons. The molecule has 74 valence electrons. The van der Waals surface area contributed by atoms with Crippen LogP contribution in [0.1, 0.15) is 45.4 Å². The average molecular weight is 180 g/mol. The highest BCUT2D eigenvalue weighted by Crippen LogP contribution is 2.11. The van der Waals surface area contributed by atoms with Crippen molar-refractivity contribution in [2.45, 2.75) is 58.0 Å². The molecule has 0 bridgehead atoms. The number of aliphatic hydroxyl groups is 1. The highest BCUT2D eigenvalue weighted by Gasteiger charge is 2.15. The Hall–Kier alpha value is -0.180. The van der Waals surface area contributed by atoms with E-state index in [0.29, 0.717) is 6.42 Å². The van der Waals surface area contributed by atoms with Gasteiger partial charge in [0.1, 0.15) is 6.10 Å². The van der Waals surface area contributed by atoms with Crippen LogP contribution >= 0.6 is 0 Å². The van der Waals surface area contributed by atoms with E-state index in [4.69, 9.17) is 5.11 Å². The molecule has 1 unspecified atom stereocenters. The molecule has 0 aliphatic rings. The molecule has 0 aliphatic heterocycles. The van der Waals surface area contributed by atoms with E-state index in [1.807, 2.05) is 0 Å². The van der Waals surface area contributed by atoms with Gasteiger partial charge in [-0.1, -0.05) is 39.0 Å². The van der Waals surface area contributed by atoms with Crippen molar-refractivity contribution in [2.75, 3.05) is 0 Å². The summed E-state index contributed by atoms with van der Waals surface area (Å²) in [6.45, 7) is 2.11. The third-order valence-corrected chi connectivity index (χ3v) is 1.89. The molecule has 3 heteroatoms. The van der Waals surface area contributed by atoms with E-state index in [0.717, 1.165) is 25.7 Å². The molecule has 0 amide bonds. The SMILES string of the molecule is CCCCCCCC(O)C(F)F. The van der Waals surface area contributed by atoms with Crippen LogP contribution in [0.2, 0.25) is 0 Å². The molecular weight excluding hydrogens is 162 g/mol. The maximum atomic E-state index is 11.8. The summed E-state index contributed by atoms with van der Waals surface area (Å²) in [5.41, 5.74) is 0. The molecule has 0 aromatic carbocycles. The average Bonchev–Trinajstić information content (AvgIpc) is 2.03. The monoisotopic (exact) mass is 180 g/mol. The summed E-state index contributed by atoms with van der Waals surface area (Å²) < 4.78 is 23.5. The van der Waals surface area contributed by atoms with Gasteiger partial charge >= 0.3 is 0 Å². The Morgan fingerprint density at radius 2 is 1.67 bits per heavy atom. The minimum atomic E-state index is -2.57. The van der Waals surface area contributed by atoms with Crippen molar-refractivity contribution in [3.63, 3.8) is 0 Å². The molecule has 1 nitrogen and oxygen atoms in total. The van der Waals surface area contributed by atoms with Gasteiger partial charge in [-0.25, -0.2) is 8.78 Å². The molecule has 12 heavy (non-hydrogen) atoms. The fourth-order valence-corrected chi connectivity index (χ4v) is 1.08. The second-order valence-corrected chi connectivity index (χ2v) is 3.10. The predicted octanol–water partition coefficient (Wildman–Crippen LogP) is 2.97. The molecule has 0 fully saturated rings. The molecular formula is C9H18F2O. The summed E-state index contributed by atoms with van der Waals surface area (Å²) in [5.74, 6) is 0. The van der Waals surface area contributed by atoms with Crippen molar-refractivity contribution in [3.05, 3.63) is 0 Å². The maximum absolute atomic E-state index is 11.8. The van der Waals surface area contributed by atoms with Crippen LogP contribution in [0.25, 0.3) is 0 Å². The first-order chi connectivity index (χ1) is 5.68. The van der Waals surface area contributed by atoms with Gasteiger partial charge in [-0.05, 0) is 6.42 Å². The van der Waals surface area contributed by atoms with E-state index in [1.165, 1.54) is 0 Å². The lowest BCUT2D eigenvalue weighted by molar-refractivity contribution is -0.0100. The standard InChI is InChI=1S/C9H18F2O/c1-2-3-4-5-6-7-8(12)9(10)11/h8-9,12H,2-7H2,1H3. The molecule has 0 saturated heterocycles. The normalized spacial score (nSPS) is 13.8. The third kappa shape index (κ3) is 6.53. The summed E-state index contributed by atoms with van der Waals surface area (Å²) in [5, 5.41) is 8.73. The lowest BCUT2D eigenvalue weighted by Gasteiger charge is -2.07. The zero-order valence-electron chi connectivity index (χ0n) is 7.60. The van der Waals surface area contributed by atoms with Crippen molar-refractivity contribution < 1.29 is 13.9 Å². The van der Waals surface area contributed by atoms with Crippen LogP contribution in [0.5, 0.6) is 0 Å². The maximum Gasteiger partial charge on any atom is 0.264 e. The minimum absolute atomic E-state index is 0.237. The van der Waals surface area contributed by atoms with Gasteiger partial charge in [-0.15, -0.1) is 0 Å². The smallest absolute Gasteiger partial charge is 0.264 e. The number of halogens is 2. The van der Waals surface area contributed by atoms with Crippen molar-refractivity contribution in [1.29, 1.82) is 0 Å². The van der Waals surface area contributed by atoms with Gasteiger partial charge < -0.3 is 5.11 Å². The van der Waals surface area contributed by atoms with Crippen LogP contribution in [0.15, 0.2) is 0 Å². The predicted molar refractivity (Wildman–Crippen MR) is 45.4 cm³/mol. The van der Waals surface area contributed by atoms with Gasteiger partial charge in [-0.3, -0.25) is 0 Å². The summed E-state index contributed by atoms with van der Waals surface area (Å²) in [6.07, 6.45) is 1.32. The lowest BCUT2D eigenvalue weighted by atomic mass is 10.1. The molecule has 0 heterocycles. The van der Waals surface area contributed by atoms with Gasteiger partial charge in [0.05, 0.1) is 0 Å². The molecule has 0 saturated carbocycles. The Bertz CT molecular complexity index is 96.5. The molecule has 0 spiro atoms. The van der Waals surface area contributed by atoms with Crippen molar-refractivity contribution in [1.82, 2.24) is 0 Å². The zero-order chi connectivity index (χ0) is 9.40. The molecule has 0 rings (SSSR count). The van der Waals surface area contributed by atoms with Crippen LogP contribution < -0.4 is 0 Å². The Balaban J connectivity index is 3.08. The van der Waals surface area contributed by atoms with Gasteiger partial charge in [0, 0.05) is 0 Å². The number of hydrogen-bond donors (Lipinski definition) is 1. The molecule has 0 aromatic rings. The van der Waals surface area contributed by atoms with Crippen LogP contribution in [0.3, 0.4) is 0 Å². The van der Waals surface area contributed by atoms with E-state index in [2.05, 4.69) is 6.92 Å². The van der Waals surface area contributed by atoms with Crippen LogP contribution in [0.4, 0.5) is 8.78 Å². The Kier molecular flexibility index (Phi) is 7.36. The molecule has 0 aromatic heterocycles. The number of rotatable bonds is 7. The number of alkyl halides is 2. The Labute approximate surface area is 72.8 Å². The molecule has 0 aliphatic carbocycles. The van der Waals surface area contributed by atoms with E-state index in [1.54, 1.807) is 0 Å². The fraction of sp³-hybridized carbons (Fsp3) is 1.00. The van der Waals surface area contributed by atoms with E-state index >= 15 is 0 Å².